The number of unbranched alkanes of at least 4 members (excludes halogenated alkanes) is 1. The first-order valence-corrected chi connectivity index (χ1v) is 11.1. The molecule has 0 bridgehead atoms. The van der Waals surface area contributed by atoms with E-state index in [0.29, 0.717) is 17.1 Å². The van der Waals surface area contributed by atoms with Gasteiger partial charge in [0, 0.05) is 16.2 Å². The summed E-state index contributed by atoms with van der Waals surface area (Å²) in [5, 5.41) is 9.51. The van der Waals surface area contributed by atoms with E-state index in [9.17, 15) is 18.3 Å². The molecule has 1 aliphatic heterocycles. The van der Waals surface area contributed by atoms with Gasteiger partial charge in [0.2, 0.25) is 5.94 Å². The number of hydrogen-bond acceptors (Lipinski definition) is 7. The average Bonchev–Trinajstić information content (AvgIpc) is 2.63. The van der Waals surface area contributed by atoms with Crippen LogP contribution in [0.25, 0.3) is 11.3 Å². The third-order valence-electron chi connectivity index (χ3n) is 4.24. The molecule has 1 aromatic heterocycles. The quantitative estimate of drug-likeness (QED) is 0.667. The Morgan fingerprint density at radius 1 is 1.33 bits per heavy atom. The molecule has 0 atom stereocenters. The summed E-state index contributed by atoms with van der Waals surface area (Å²) in [6.45, 7) is 1.45. The Labute approximate surface area is 161 Å². The fraction of sp³-hybridized carbons (Fsp3) is 0.389. The molecule has 146 valence electrons. The van der Waals surface area contributed by atoms with E-state index in [4.69, 9.17) is 13.7 Å². The number of hydrogen-bond donors (Lipinski definition) is 2. The lowest BCUT2D eigenvalue weighted by atomic mass is 10.0. The van der Waals surface area contributed by atoms with Gasteiger partial charge >= 0.3 is 10.1 Å². The van der Waals surface area contributed by atoms with Gasteiger partial charge in [0.05, 0.1) is 12.2 Å². The fourth-order valence-electron chi connectivity index (χ4n) is 2.89. The standard InChI is InChI=1S/C18H20O7S2/c1-2-3-4-11-5-6-15-12(7-11)17-14(9-26-15)16(20)13(8-19)18(25-17)24-10-27(21,22)23/h5-7,19H,2-4,8-10H2,1H3,(H,21,22,23). The first-order valence-electron chi connectivity index (χ1n) is 8.47. The zero-order valence-corrected chi connectivity index (χ0v) is 16.4. The molecule has 1 aromatic carbocycles. The van der Waals surface area contributed by atoms with Crippen LogP contribution in [-0.4, -0.2) is 24.0 Å². The van der Waals surface area contributed by atoms with Crippen LogP contribution < -0.4 is 10.2 Å². The zero-order valence-electron chi connectivity index (χ0n) is 14.7. The molecule has 0 fully saturated rings. The summed E-state index contributed by atoms with van der Waals surface area (Å²) in [5.74, 6) is -0.768. The highest BCUT2D eigenvalue weighted by atomic mass is 32.2. The summed E-state index contributed by atoms with van der Waals surface area (Å²) < 4.78 is 41.5. The molecule has 0 unspecified atom stereocenters. The van der Waals surface area contributed by atoms with Crippen molar-refractivity contribution in [2.45, 2.75) is 43.4 Å². The minimum absolute atomic E-state index is 0.163. The second-order valence-electron chi connectivity index (χ2n) is 6.23. The predicted molar refractivity (Wildman–Crippen MR) is 102 cm³/mol. The van der Waals surface area contributed by atoms with Crippen LogP contribution in [0.15, 0.2) is 32.3 Å². The first kappa shape index (κ1) is 19.9. The van der Waals surface area contributed by atoms with E-state index in [0.717, 1.165) is 35.3 Å². The molecule has 2 aromatic rings. The lowest BCUT2D eigenvalue weighted by Crippen LogP contribution is -2.20. The van der Waals surface area contributed by atoms with Crippen molar-refractivity contribution in [1.82, 2.24) is 0 Å². The van der Waals surface area contributed by atoms with Crippen LogP contribution in [0.1, 0.15) is 36.5 Å². The topological polar surface area (TPSA) is 114 Å². The van der Waals surface area contributed by atoms with Crippen molar-refractivity contribution < 1.29 is 27.2 Å². The van der Waals surface area contributed by atoms with Gasteiger partial charge in [-0.15, -0.1) is 11.8 Å². The molecule has 0 saturated carbocycles. The van der Waals surface area contributed by atoms with E-state index in [1.807, 2.05) is 18.2 Å². The van der Waals surface area contributed by atoms with E-state index in [-0.39, 0.29) is 5.56 Å². The number of aliphatic hydroxyl groups excluding tert-OH is 1. The van der Waals surface area contributed by atoms with Gasteiger partial charge in [0.15, 0.2) is 5.43 Å². The van der Waals surface area contributed by atoms with Crippen LogP contribution in [0.2, 0.25) is 0 Å². The van der Waals surface area contributed by atoms with Crippen molar-refractivity contribution >= 4 is 21.9 Å². The van der Waals surface area contributed by atoms with E-state index < -0.39 is 34.0 Å². The molecule has 9 heteroatoms. The van der Waals surface area contributed by atoms with Gasteiger partial charge in [-0.05, 0) is 30.5 Å². The van der Waals surface area contributed by atoms with E-state index in [1.54, 1.807) is 0 Å². The van der Waals surface area contributed by atoms with Crippen molar-refractivity contribution in [3.63, 3.8) is 0 Å². The summed E-state index contributed by atoms with van der Waals surface area (Å²) in [6, 6.07) is 5.99. The van der Waals surface area contributed by atoms with Crippen LogP contribution in [-0.2, 0) is 28.9 Å². The van der Waals surface area contributed by atoms with Crippen molar-refractivity contribution in [2.24, 2.45) is 0 Å². The van der Waals surface area contributed by atoms with Crippen molar-refractivity contribution in [1.29, 1.82) is 0 Å². The number of ether oxygens (including phenoxy) is 1. The predicted octanol–water partition coefficient (Wildman–Crippen LogP) is 2.97. The molecule has 0 aliphatic carbocycles. The monoisotopic (exact) mass is 412 g/mol. The maximum Gasteiger partial charge on any atom is 0.300 e. The van der Waals surface area contributed by atoms with Crippen LogP contribution >= 0.6 is 11.8 Å². The van der Waals surface area contributed by atoms with Crippen LogP contribution in [0.5, 0.6) is 5.95 Å². The van der Waals surface area contributed by atoms with Crippen LogP contribution in [0.3, 0.4) is 0 Å². The molecule has 0 radical (unpaired) electrons. The summed E-state index contributed by atoms with van der Waals surface area (Å²) in [5.41, 5.74) is 1.65. The third kappa shape index (κ3) is 4.37. The maximum atomic E-state index is 12.7. The molecular weight excluding hydrogens is 392 g/mol. The molecule has 3 rings (SSSR count). The second-order valence-corrected chi connectivity index (χ2v) is 8.65. The van der Waals surface area contributed by atoms with Gasteiger partial charge in [0.25, 0.3) is 5.95 Å². The summed E-state index contributed by atoms with van der Waals surface area (Å²) in [7, 11) is -4.43. The average molecular weight is 412 g/mol. The lowest BCUT2D eigenvalue weighted by Gasteiger charge is -2.20. The minimum atomic E-state index is -4.43. The van der Waals surface area contributed by atoms with E-state index in [2.05, 4.69) is 6.92 Å². The van der Waals surface area contributed by atoms with E-state index >= 15 is 0 Å². The summed E-state index contributed by atoms with van der Waals surface area (Å²) >= 11 is 1.50. The number of fused-ring (bicyclic) bond motifs is 3. The highest BCUT2D eigenvalue weighted by Gasteiger charge is 2.27. The molecule has 0 amide bonds. The second kappa shape index (κ2) is 8.05. The maximum absolute atomic E-state index is 12.7. The SMILES string of the molecule is CCCCc1ccc2c(c1)-c1oc(OCS(=O)(=O)O)c(CO)c(=O)c1CS2. The Bertz CT molecular complexity index is 1010. The molecular formula is C18H20O7S2. The number of benzene rings is 1. The minimum Gasteiger partial charge on any atom is -0.446 e. The number of rotatable bonds is 7. The van der Waals surface area contributed by atoms with Gasteiger partial charge in [-0.3, -0.25) is 9.35 Å². The zero-order chi connectivity index (χ0) is 19.6. The summed E-state index contributed by atoms with van der Waals surface area (Å²) in [6.07, 6.45) is 2.99. The number of thioether (sulfide) groups is 1. The highest BCUT2D eigenvalue weighted by molar-refractivity contribution is 7.98. The molecule has 27 heavy (non-hydrogen) atoms. The van der Waals surface area contributed by atoms with E-state index in [1.165, 1.54) is 11.8 Å². The van der Waals surface area contributed by atoms with Gasteiger partial charge in [-0.25, -0.2) is 0 Å². The molecule has 2 heterocycles. The normalized spacial score (nSPS) is 13.1. The number of aliphatic hydroxyl groups is 1. The lowest BCUT2D eigenvalue weighted by molar-refractivity contribution is 0.233. The molecule has 1 aliphatic rings. The Morgan fingerprint density at radius 3 is 2.78 bits per heavy atom. The van der Waals surface area contributed by atoms with Crippen molar-refractivity contribution in [3.05, 3.63) is 45.1 Å². The van der Waals surface area contributed by atoms with Gasteiger partial charge < -0.3 is 14.3 Å². The van der Waals surface area contributed by atoms with Crippen molar-refractivity contribution in [3.8, 4) is 17.3 Å². The van der Waals surface area contributed by atoms with Crippen molar-refractivity contribution in [2.75, 3.05) is 5.94 Å². The largest absolute Gasteiger partial charge is 0.446 e. The molecule has 0 spiro atoms. The smallest absolute Gasteiger partial charge is 0.300 e. The molecule has 0 saturated heterocycles. The Balaban J connectivity index is 2.10. The Hall–Kier alpha value is -1.81. The van der Waals surface area contributed by atoms with Gasteiger partial charge in [-0.1, -0.05) is 19.4 Å². The molecule has 7 nitrogen and oxygen atoms in total. The van der Waals surface area contributed by atoms with Gasteiger partial charge in [0.1, 0.15) is 11.3 Å². The van der Waals surface area contributed by atoms with Gasteiger partial charge in [-0.2, -0.15) is 8.42 Å². The fourth-order valence-corrected chi connectivity index (χ4v) is 4.18. The first-order chi connectivity index (χ1) is 12.8. The van der Waals surface area contributed by atoms with Crippen LogP contribution in [0.4, 0.5) is 0 Å². The molecule has 2 N–H and O–H groups in total. The number of aryl methyl sites for hydroxylation is 1. The Kier molecular flexibility index (Phi) is 5.95. The summed E-state index contributed by atoms with van der Waals surface area (Å²) in [4.78, 5) is 13.7. The van der Waals surface area contributed by atoms with Crippen LogP contribution in [0, 0.1) is 0 Å². The highest BCUT2D eigenvalue weighted by Crippen LogP contribution is 2.42. The third-order valence-corrected chi connectivity index (χ3v) is 5.76. The Morgan fingerprint density at radius 2 is 2.11 bits per heavy atom.